The second-order valence-corrected chi connectivity index (χ2v) is 10.3. The van der Waals surface area contributed by atoms with Gasteiger partial charge in [0.05, 0.1) is 11.4 Å². The van der Waals surface area contributed by atoms with Crippen LogP contribution in [0.5, 0.6) is 0 Å². The minimum Gasteiger partial charge on any atom is -0.338 e. The molecule has 0 aromatic heterocycles. The second kappa shape index (κ2) is 13.7. The van der Waals surface area contributed by atoms with Gasteiger partial charge < -0.3 is 21.3 Å². The first-order valence-electron chi connectivity index (χ1n) is 14.1. The number of rotatable bonds is 12. The molecule has 4 rings (SSSR count). The molecule has 6 heteroatoms. The molecule has 39 heavy (non-hydrogen) atoms. The molecule has 6 nitrogen and oxygen atoms in total. The summed E-state index contributed by atoms with van der Waals surface area (Å²) in [6, 6.07) is 27.5. The van der Waals surface area contributed by atoms with Gasteiger partial charge in [0.15, 0.2) is 0 Å². The molecule has 0 unspecified atom stereocenters. The van der Waals surface area contributed by atoms with Crippen molar-refractivity contribution < 1.29 is 9.59 Å². The average molecular weight is 525 g/mol. The maximum absolute atomic E-state index is 12.9. The first-order chi connectivity index (χ1) is 19.0. The lowest BCUT2D eigenvalue weighted by Crippen LogP contribution is -2.40. The highest BCUT2D eigenvalue weighted by Crippen LogP contribution is 2.33. The fourth-order valence-electron chi connectivity index (χ4n) is 5.27. The van der Waals surface area contributed by atoms with Gasteiger partial charge in [-0.1, -0.05) is 99.5 Å². The molecule has 0 spiro atoms. The number of fused-ring (bicyclic) bond motifs is 2. The number of nitrogens with one attached hydrogen (secondary N) is 4. The highest BCUT2D eigenvalue weighted by atomic mass is 16.2. The Morgan fingerprint density at radius 2 is 1.15 bits per heavy atom. The van der Waals surface area contributed by atoms with E-state index in [9.17, 15) is 9.59 Å². The monoisotopic (exact) mass is 524 g/mol. The molecule has 0 saturated heterocycles. The van der Waals surface area contributed by atoms with E-state index >= 15 is 0 Å². The van der Waals surface area contributed by atoms with E-state index in [0.717, 1.165) is 71.4 Å². The number of hydrogen-bond donors (Lipinski definition) is 4. The molecule has 0 aliphatic carbocycles. The minimum atomic E-state index is -0.199. The summed E-state index contributed by atoms with van der Waals surface area (Å²) in [5, 5.41) is 16.4. The van der Waals surface area contributed by atoms with Gasteiger partial charge in [0, 0.05) is 23.9 Å². The van der Waals surface area contributed by atoms with Crippen molar-refractivity contribution in [1.29, 1.82) is 0 Å². The number of urea groups is 2. The van der Waals surface area contributed by atoms with Crippen molar-refractivity contribution in [2.75, 3.05) is 23.7 Å². The number of amides is 4. The summed E-state index contributed by atoms with van der Waals surface area (Å²) in [6.45, 7) is 5.57. The van der Waals surface area contributed by atoms with Crippen LogP contribution in [0.3, 0.4) is 0 Å². The number of carbonyl (C=O) groups excluding carboxylic acids is 2. The van der Waals surface area contributed by atoms with Crippen LogP contribution in [0.4, 0.5) is 21.0 Å². The first-order valence-corrected chi connectivity index (χ1v) is 14.1. The van der Waals surface area contributed by atoms with Crippen molar-refractivity contribution in [3.05, 3.63) is 84.9 Å². The Morgan fingerprint density at radius 1 is 0.641 bits per heavy atom. The minimum absolute atomic E-state index is 0.0140. The van der Waals surface area contributed by atoms with Gasteiger partial charge in [0.25, 0.3) is 0 Å². The largest absolute Gasteiger partial charge is 0.338 e. The van der Waals surface area contributed by atoms with Crippen molar-refractivity contribution >= 4 is 45.0 Å². The SMILES string of the molecule is CCCC[C@](CC)(CCCNC(=O)Nc1cccc2ccccc12)CNC(=O)Nc1cccc2ccccc12. The van der Waals surface area contributed by atoms with Crippen molar-refractivity contribution in [2.45, 2.75) is 52.4 Å². The van der Waals surface area contributed by atoms with Crippen molar-refractivity contribution in [3.63, 3.8) is 0 Å². The Bertz CT molecular complexity index is 1390. The number of hydrogen-bond acceptors (Lipinski definition) is 2. The molecule has 0 aliphatic heterocycles. The summed E-state index contributed by atoms with van der Waals surface area (Å²) >= 11 is 0. The van der Waals surface area contributed by atoms with Crippen LogP contribution >= 0.6 is 0 Å². The number of carbonyl (C=O) groups is 2. The van der Waals surface area contributed by atoms with Gasteiger partial charge >= 0.3 is 12.1 Å². The van der Waals surface area contributed by atoms with Crippen molar-refractivity contribution in [3.8, 4) is 0 Å². The van der Waals surface area contributed by atoms with Crippen LogP contribution in [0.1, 0.15) is 52.4 Å². The summed E-state index contributed by atoms with van der Waals surface area (Å²) in [6.07, 6.45) is 5.98. The Labute approximate surface area is 231 Å². The lowest BCUT2D eigenvalue weighted by atomic mass is 9.76. The Balaban J connectivity index is 1.30. The van der Waals surface area contributed by atoms with Crippen LogP contribution in [-0.2, 0) is 0 Å². The van der Waals surface area contributed by atoms with Crippen LogP contribution < -0.4 is 21.3 Å². The highest BCUT2D eigenvalue weighted by Gasteiger charge is 2.28. The summed E-state index contributed by atoms with van der Waals surface area (Å²) in [5.41, 5.74) is 1.60. The van der Waals surface area contributed by atoms with Gasteiger partial charge in [-0.2, -0.15) is 0 Å². The van der Waals surface area contributed by atoms with E-state index in [1.165, 1.54) is 0 Å². The molecule has 0 bridgehead atoms. The van der Waals surface area contributed by atoms with Crippen LogP contribution in [0, 0.1) is 5.41 Å². The quantitative estimate of drug-likeness (QED) is 0.141. The number of benzene rings is 4. The third-order valence-corrected chi connectivity index (χ3v) is 7.68. The van der Waals surface area contributed by atoms with Crippen molar-refractivity contribution in [1.82, 2.24) is 10.6 Å². The van der Waals surface area contributed by atoms with E-state index in [4.69, 9.17) is 0 Å². The van der Waals surface area contributed by atoms with Gasteiger partial charge in [0.2, 0.25) is 0 Å². The van der Waals surface area contributed by atoms with Crippen LogP contribution in [0.15, 0.2) is 84.9 Å². The topological polar surface area (TPSA) is 82.3 Å². The molecule has 4 N–H and O–H groups in total. The van der Waals surface area contributed by atoms with Crippen molar-refractivity contribution in [2.24, 2.45) is 5.41 Å². The maximum Gasteiger partial charge on any atom is 0.319 e. The maximum atomic E-state index is 12.9. The molecule has 0 fully saturated rings. The van der Waals surface area contributed by atoms with Gasteiger partial charge in [-0.05, 0) is 54.0 Å². The summed E-state index contributed by atoms with van der Waals surface area (Å²) in [7, 11) is 0. The molecule has 0 saturated carbocycles. The molecule has 4 amide bonds. The zero-order valence-corrected chi connectivity index (χ0v) is 23.1. The zero-order valence-electron chi connectivity index (χ0n) is 23.1. The molecule has 4 aromatic carbocycles. The molecule has 1 atom stereocenters. The van der Waals surface area contributed by atoms with E-state index in [0.29, 0.717) is 13.1 Å². The van der Waals surface area contributed by atoms with Crippen LogP contribution in [0.25, 0.3) is 21.5 Å². The van der Waals surface area contributed by atoms with Gasteiger partial charge in [-0.25, -0.2) is 9.59 Å². The predicted molar refractivity (Wildman–Crippen MR) is 163 cm³/mol. The fourth-order valence-corrected chi connectivity index (χ4v) is 5.27. The number of anilines is 2. The smallest absolute Gasteiger partial charge is 0.319 e. The van der Waals surface area contributed by atoms with Crippen LogP contribution in [-0.4, -0.2) is 25.2 Å². The fraction of sp³-hybridized carbons (Fsp3) is 0.333. The number of unbranched alkanes of at least 4 members (excludes halogenated alkanes) is 1. The van der Waals surface area contributed by atoms with Gasteiger partial charge in [0.1, 0.15) is 0 Å². The normalized spacial score (nSPS) is 12.6. The Morgan fingerprint density at radius 3 is 1.72 bits per heavy atom. The molecule has 0 aliphatic rings. The van der Waals surface area contributed by atoms with E-state index in [2.05, 4.69) is 35.1 Å². The standard InChI is InChI=1S/C33H40N4O2/c1-3-5-21-33(4-2,24-35-32(39)37-30-20-11-16-26-14-7-9-18-28(26)30)22-12-23-34-31(38)36-29-19-10-15-25-13-6-8-17-27(25)29/h6-11,13-20H,3-5,12,21-24H2,1-2H3,(H2,34,36,38)(H2,35,37,39)/t33-/m1/s1. The molecule has 0 radical (unpaired) electrons. The lowest BCUT2D eigenvalue weighted by molar-refractivity contribution is 0.202. The Hall–Kier alpha value is -4.06. The van der Waals surface area contributed by atoms with Gasteiger partial charge in [-0.3, -0.25) is 0 Å². The van der Waals surface area contributed by atoms with Gasteiger partial charge in [-0.15, -0.1) is 0 Å². The van der Waals surface area contributed by atoms with E-state index in [1.54, 1.807) is 0 Å². The summed E-state index contributed by atoms with van der Waals surface area (Å²) < 4.78 is 0. The van der Waals surface area contributed by atoms with E-state index in [1.807, 2.05) is 84.9 Å². The molecular weight excluding hydrogens is 484 g/mol. The van der Waals surface area contributed by atoms with E-state index in [-0.39, 0.29) is 17.5 Å². The third kappa shape index (κ3) is 7.50. The third-order valence-electron chi connectivity index (χ3n) is 7.68. The first kappa shape index (κ1) is 28.0. The molecular formula is C33H40N4O2. The highest BCUT2D eigenvalue weighted by molar-refractivity contribution is 6.02. The Kier molecular flexibility index (Phi) is 9.79. The zero-order chi connectivity index (χ0) is 27.5. The summed E-state index contributed by atoms with van der Waals surface area (Å²) in [5.74, 6) is 0. The molecule has 0 heterocycles. The second-order valence-electron chi connectivity index (χ2n) is 10.3. The summed E-state index contributed by atoms with van der Waals surface area (Å²) in [4.78, 5) is 25.5. The predicted octanol–water partition coefficient (Wildman–Crippen LogP) is 8.30. The molecule has 4 aromatic rings. The lowest BCUT2D eigenvalue weighted by Gasteiger charge is -2.33. The van der Waals surface area contributed by atoms with Crippen LogP contribution in [0.2, 0.25) is 0 Å². The van der Waals surface area contributed by atoms with E-state index < -0.39 is 0 Å². The molecule has 204 valence electrons. The average Bonchev–Trinajstić information content (AvgIpc) is 2.97.